The lowest BCUT2D eigenvalue weighted by atomic mass is 9.93. The number of para-hydroxylation sites is 1. The first-order valence-electron chi connectivity index (χ1n) is 6.77. The van der Waals surface area contributed by atoms with Crippen LogP contribution in [-0.2, 0) is 4.79 Å². The number of hydrogen-bond donors (Lipinski definition) is 2. The van der Waals surface area contributed by atoms with Crippen LogP contribution in [-0.4, -0.2) is 38.6 Å². The number of anilines is 1. The summed E-state index contributed by atoms with van der Waals surface area (Å²) >= 11 is 0. The van der Waals surface area contributed by atoms with E-state index in [9.17, 15) is 4.79 Å². The average Bonchev–Trinajstić information content (AvgIpc) is 2.51. The van der Waals surface area contributed by atoms with Gasteiger partial charge in [0.1, 0.15) is 6.04 Å². The fourth-order valence-electron chi connectivity index (χ4n) is 2.50. The number of benzene rings is 1. The van der Waals surface area contributed by atoms with Gasteiger partial charge in [-0.1, -0.05) is 32.0 Å². The molecule has 1 unspecified atom stereocenters. The Morgan fingerprint density at radius 1 is 1.37 bits per heavy atom. The van der Waals surface area contributed by atoms with Crippen LogP contribution < -0.4 is 15.5 Å². The highest BCUT2D eigenvalue weighted by molar-refractivity contribution is 5.86. The van der Waals surface area contributed by atoms with Crippen LogP contribution in [0.3, 0.4) is 0 Å². The number of nitrogens with zero attached hydrogens (tertiary/aromatic N) is 1. The van der Waals surface area contributed by atoms with Gasteiger partial charge in [-0.15, -0.1) is 0 Å². The number of hydrogen-bond acceptors (Lipinski definition) is 3. The van der Waals surface area contributed by atoms with Crippen LogP contribution in [0.25, 0.3) is 0 Å². The number of likely N-dealkylation sites (N-methyl/N-ethyl adjacent to an activating group) is 1. The number of nitrogens with one attached hydrogen (secondary N) is 2. The highest BCUT2D eigenvalue weighted by atomic mass is 16.2. The van der Waals surface area contributed by atoms with Crippen molar-refractivity contribution in [3.63, 3.8) is 0 Å². The Balaban J connectivity index is 2.34. The Hall–Kier alpha value is -1.55. The Kier molecular flexibility index (Phi) is 4.10. The molecule has 0 saturated carbocycles. The minimum absolute atomic E-state index is 0.0635. The molecule has 0 aliphatic carbocycles. The third-order valence-corrected chi connectivity index (χ3v) is 3.50. The van der Waals surface area contributed by atoms with E-state index in [0.29, 0.717) is 6.54 Å². The van der Waals surface area contributed by atoms with Crippen LogP contribution in [0.4, 0.5) is 5.69 Å². The van der Waals surface area contributed by atoms with Gasteiger partial charge < -0.3 is 15.5 Å². The second-order valence-corrected chi connectivity index (χ2v) is 5.92. The lowest BCUT2D eigenvalue weighted by Gasteiger charge is -2.34. The van der Waals surface area contributed by atoms with Gasteiger partial charge in [0.25, 0.3) is 0 Å². The SMILES string of the molecule is CNCC1C(=O)NCC(C)(C)CN1c1ccccc1. The Labute approximate surface area is 115 Å². The molecule has 0 radical (unpaired) electrons. The van der Waals surface area contributed by atoms with Crippen molar-refractivity contribution in [3.8, 4) is 0 Å². The van der Waals surface area contributed by atoms with Crippen LogP contribution in [0.15, 0.2) is 30.3 Å². The summed E-state index contributed by atoms with van der Waals surface area (Å²) in [6.45, 7) is 6.60. The van der Waals surface area contributed by atoms with Gasteiger partial charge in [-0.2, -0.15) is 0 Å². The molecular formula is C15H23N3O. The lowest BCUT2D eigenvalue weighted by Crippen LogP contribution is -2.50. The third-order valence-electron chi connectivity index (χ3n) is 3.50. The van der Waals surface area contributed by atoms with E-state index in [4.69, 9.17) is 0 Å². The van der Waals surface area contributed by atoms with Crippen molar-refractivity contribution in [2.24, 2.45) is 5.41 Å². The van der Waals surface area contributed by atoms with Gasteiger partial charge in [-0.3, -0.25) is 4.79 Å². The van der Waals surface area contributed by atoms with Gasteiger partial charge in [-0.25, -0.2) is 0 Å². The molecule has 1 amide bonds. The van der Waals surface area contributed by atoms with Crippen molar-refractivity contribution < 1.29 is 4.79 Å². The molecule has 0 spiro atoms. The molecule has 104 valence electrons. The number of amides is 1. The second kappa shape index (κ2) is 5.61. The van der Waals surface area contributed by atoms with Crippen LogP contribution in [0.2, 0.25) is 0 Å². The molecule has 2 N–H and O–H groups in total. The second-order valence-electron chi connectivity index (χ2n) is 5.92. The van der Waals surface area contributed by atoms with E-state index >= 15 is 0 Å². The maximum atomic E-state index is 12.3. The topological polar surface area (TPSA) is 44.4 Å². The van der Waals surface area contributed by atoms with Gasteiger partial charge >= 0.3 is 0 Å². The van der Waals surface area contributed by atoms with Gasteiger partial charge in [0.05, 0.1) is 0 Å². The standard InChI is InChI=1S/C15H23N3O/c1-15(2)10-17-14(19)13(9-16-3)18(11-15)12-7-5-4-6-8-12/h4-8,13,16H,9-11H2,1-3H3,(H,17,19). The molecule has 1 aromatic rings. The van der Waals surface area contributed by atoms with E-state index in [1.54, 1.807) is 0 Å². The summed E-state index contributed by atoms with van der Waals surface area (Å²) in [6.07, 6.45) is 0. The lowest BCUT2D eigenvalue weighted by molar-refractivity contribution is -0.122. The first kappa shape index (κ1) is 13.9. The average molecular weight is 261 g/mol. The quantitative estimate of drug-likeness (QED) is 0.860. The Morgan fingerprint density at radius 3 is 2.68 bits per heavy atom. The van der Waals surface area contributed by atoms with E-state index in [1.165, 1.54) is 0 Å². The molecule has 0 aromatic heterocycles. The zero-order chi connectivity index (χ0) is 13.9. The fourth-order valence-corrected chi connectivity index (χ4v) is 2.50. The van der Waals surface area contributed by atoms with Gasteiger partial charge in [0.2, 0.25) is 5.91 Å². The molecule has 1 aromatic carbocycles. The summed E-state index contributed by atoms with van der Waals surface area (Å²) in [5.41, 5.74) is 1.17. The zero-order valence-corrected chi connectivity index (χ0v) is 11.9. The largest absolute Gasteiger partial charge is 0.358 e. The minimum atomic E-state index is -0.158. The fraction of sp³-hybridized carbons (Fsp3) is 0.533. The Morgan fingerprint density at radius 2 is 2.05 bits per heavy atom. The molecule has 1 fully saturated rings. The predicted molar refractivity (Wildman–Crippen MR) is 78.3 cm³/mol. The molecule has 1 aliphatic heterocycles. The van der Waals surface area contributed by atoms with Crippen LogP contribution in [0.5, 0.6) is 0 Å². The van der Waals surface area contributed by atoms with Crippen molar-refractivity contribution in [1.82, 2.24) is 10.6 Å². The van der Waals surface area contributed by atoms with Crippen LogP contribution in [0, 0.1) is 5.41 Å². The molecular weight excluding hydrogens is 238 g/mol. The molecule has 19 heavy (non-hydrogen) atoms. The number of rotatable bonds is 3. The van der Waals surface area contributed by atoms with E-state index in [1.807, 2.05) is 25.2 Å². The predicted octanol–water partition coefficient (Wildman–Crippen LogP) is 1.24. The normalized spacial score (nSPS) is 22.8. The molecule has 0 bridgehead atoms. The molecule has 2 rings (SSSR count). The van der Waals surface area contributed by atoms with E-state index in [-0.39, 0.29) is 17.4 Å². The highest BCUT2D eigenvalue weighted by Crippen LogP contribution is 2.26. The van der Waals surface area contributed by atoms with Crippen molar-refractivity contribution in [1.29, 1.82) is 0 Å². The van der Waals surface area contributed by atoms with Gasteiger partial charge in [0.15, 0.2) is 0 Å². The Bertz CT molecular complexity index is 430. The van der Waals surface area contributed by atoms with Crippen molar-refractivity contribution in [2.75, 3.05) is 31.6 Å². The summed E-state index contributed by atoms with van der Waals surface area (Å²) < 4.78 is 0. The van der Waals surface area contributed by atoms with Crippen molar-refractivity contribution in [3.05, 3.63) is 30.3 Å². The minimum Gasteiger partial charge on any atom is -0.358 e. The number of carbonyl (C=O) groups is 1. The zero-order valence-electron chi connectivity index (χ0n) is 11.9. The molecule has 4 heteroatoms. The number of carbonyl (C=O) groups excluding carboxylic acids is 1. The summed E-state index contributed by atoms with van der Waals surface area (Å²) in [4.78, 5) is 14.5. The molecule has 1 aliphatic rings. The van der Waals surface area contributed by atoms with Crippen molar-refractivity contribution in [2.45, 2.75) is 19.9 Å². The maximum absolute atomic E-state index is 12.3. The van der Waals surface area contributed by atoms with E-state index < -0.39 is 0 Å². The van der Waals surface area contributed by atoms with Gasteiger partial charge in [0, 0.05) is 25.3 Å². The monoisotopic (exact) mass is 261 g/mol. The molecule has 1 atom stereocenters. The third kappa shape index (κ3) is 3.26. The molecule has 1 saturated heterocycles. The van der Waals surface area contributed by atoms with Gasteiger partial charge in [-0.05, 0) is 24.6 Å². The molecule has 1 heterocycles. The first-order valence-corrected chi connectivity index (χ1v) is 6.77. The van der Waals surface area contributed by atoms with E-state index in [2.05, 4.69) is 41.5 Å². The summed E-state index contributed by atoms with van der Waals surface area (Å²) in [6, 6.07) is 10.0. The maximum Gasteiger partial charge on any atom is 0.244 e. The smallest absolute Gasteiger partial charge is 0.244 e. The summed E-state index contributed by atoms with van der Waals surface area (Å²) in [7, 11) is 1.88. The van der Waals surface area contributed by atoms with E-state index in [0.717, 1.165) is 18.8 Å². The first-order chi connectivity index (χ1) is 9.03. The summed E-state index contributed by atoms with van der Waals surface area (Å²) in [5, 5.41) is 6.17. The van der Waals surface area contributed by atoms with Crippen LogP contribution >= 0.6 is 0 Å². The highest BCUT2D eigenvalue weighted by Gasteiger charge is 2.34. The van der Waals surface area contributed by atoms with Crippen molar-refractivity contribution >= 4 is 11.6 Å². The van der Waals surface area contributed by atoms with Crippen LogP contribution in [0.1, 0.15) is 13.8 Å². The summed E-state index contributed by atoms with van der Waals surface area (Å²) in [5.74, 6) is 0.101. The molecule has 4 nitrogen and oxygen atoms in total.